The van der Waals surface area contributed by atoms with Gasteiger partial charge in [-0.3, -0.25) is 0 Å². The van der Waals surface area contributed by atoms with E-state index in [9.17, 15) is 0 Å². The van der Waals surface area contributed by atoms with Crippen LogP contribution >= 0.6 is 12.2 Å². The summed E-state index contributed by atoms with van der Waals surface area (Å²) in [7, 11) is 1.73. The number of aryl methyl sites for hydroxylation is 1. The number of H-pyrrole nitrogens is 1. The van der Waals surface area contributed by atoms with Crippen LogP contribution in [-0.4, -0.2) is 29.9 Å². The van der Waals surface area contributed by atoms with Gasteiger partial charge in [0.05, 0.1) is 12.1 Å². The highest BCUT2D eigenvalue weighted by molar-refractivity contribution is 7.71. The second-order valence-corrected chi connectivity index (χ2v) is 5.17. The maximum Gasteiger partial charge on any atom is 0.178 e. The minimum atomic E-state index is 0.721. The van der Waals surface area contributed by atoms with Crippen molar-refractivity contribution >= 4 is 23.3 Å². The monoisotopic (exact) mass is 294 g/mol. The van der Waals surface area contributed by atoms with E-state index < -0.39 is 0 Å². The average molecular weight is 294 g/mol. The highest BCUT2D eigenvalue weighted by Gasteiger charge is 2.08. The number of fused-ring (bicyclic) bond motifs is 1. The zero-order chi connectivity index (χ0) is 14.4. The fraction of sp³-hybridized carbons (Fsp3) is 0.533. The Morgan fingerprint density at radius 3 is 2.85 bits per heavy atom. The summed E-state index contributed by atoms with van der Waals surface area (Å²) in [6, 6.07) is 6.08. The molecule has 0 aliphatic carbocycles. The molecule has 0 unspecified atom stereocenters. The summed E-state index contributed by atoms with van der Waals surface area (Å²) in [5.74, 6) is 0.881. The molecular formula is C15H22N2O2S. The molecule has 20 heavy (non-hydrogen) atoms. The zero-order valence-corrected chi connectivity index (χ0v) is 13.0. The molecule has 0 radical (unpaired) electrons. The van der Waals surface area contributed by atoms with E-state index in [0.29, 0.717) is 0 Å². The van der Waals surface area contributed by atoms with E-state index in [-0.39, 0.29) is 0 Å². The van der Waals surface area contributed by atoms with Gasteiger partial charge in [-0.1, -0.05) is 13.0 Å². The van der Waals surface area contributed by atoms with Gasteiger partial charge in [0.2, 0.25) is 0 Å². The third-order valence-corrected chi connectivity index (χ3v) is 3.54. The van der Waals surface area contributed by atoms with Crippen LogP contribution in [0.25, 0.3) is 11.0 Å². The fourth-order valence-corrected chi connectivity index (χ4v) is 2.52. The molecule has 1 heterocycles. The first kappa shape index (κ1) is 15.1. The molecule has 0 fully saturated rings. The van der Waals surface area contributed by atoms with Gasteiger partial charge in [0, 0.05) is 20.3 Å². The number of rotatable bonds is 8. The maximum absolute atomic E-state index is 5.77. The number of methoxy groups -OCH3 is 1. The molecule has 0 aliphatic heterocycles. The van der Waals surface area contributed by atoms with E-state index >= 15 is 0 Å². The van der Waals surface area contributed by atoms with Gasteiger partial charge < -0.3 is 19.0 Å². The van der Waals surface area contributed by atoms with Gasteiger partial charge in [-0.2, -0.15) is 0 Å². The second kappa shape index (κ2) is 7.45. The first-order valence-corrected chi connectivity index (χ1v) is 7.52. The van der Waals surface area contributed by atoms with Crippen molar-refractivity contribution in [2.24, 2.45) is 0 Å². The molecule has 2 rings (SSSR count). The number of para-hydroxylation sites is 1. The average Bonchev–Trinajstić information content (AvgIpc) is 2.78. The lowest BCUT2D eigenvalue weighted by Gasteiger charge is -2.07. The molecule has 0 atom stereocenters. The van der Waals surface area contributed by atoms with E-state index in [1.54, 1.807) is 7.11 Å². The van der Waals surface area contributed by atoms with Crippen molar-refractivity contribution in [2.75, 3.05) is 20.3 Å². The standard InChI is InChI=1S/C15H22N2O2S/c1-3-10-19-13-8-6-7-12-14(13)16-15(20)17(12)9-4-5-11-18-2/h6-8H,3-5,9-11H2,1-2H3,(H,16,20). The summed E-state index contributed by atoms with van der Waals surface area (Å²) in [6.07, 6.45) is 3.08. The van der Waals surface area contributed by atoms with Gasteiger partial charge in [0.1, 0.15) is 11.3 Å². The summed E-state index contributed by atoms with van der Waals surface area (Å²) in [5, 5.41) is 0. The van der Waals surface area contributed by atoms with E-state index in [1.807, 2.05) is 12.1 Å². The lowest BCUT2D eigenvalue weighted by Crippen LogP contribution is -2.00. The molecular weight excluding hydrogens is 272 g/mol. The zero-order valence-electron chi connectivity index (χ0n) is 12.1. The van der Waals surface area contributed by atoms with E-state index in [2.05, 4.69) is 22.5 Å². The molecule has 0 aliphatic rings. The number of imidazole rings is 1. The van der Waals surface area contributed by atoms with Crippen LogP contribution in [-0.2, 0) is 11.3 Å². The molecule has 110 valence electrons. The van der Waals surface area contributed by atoms with E-state index in [1.165, 1.54) is 0 Å². The molecule has 0 spiro atoms. The SMILES string of the molecule is CCCOc1cccc2c1[nH]c(=S)n2CCCCOC. The molecule has 2 aromatic rings. The van der Waals surface area contributed by atoms with Gasteiger partial charge in [0.15, 0.2) is 4.77 Å². The number of aromatic amines is 1. The van der Waals surface area contributed by atoms with Crippen molar-refractivity contribution in [2.45, 2.75) is 32.7 Å². The third kappa shape index (κ3) is 3.41. The van der Waals surface area contributed by atoms with Crippen molar-refractivity contribution in [1.29, 1.82) is 0 Å². The molecule has 1 aromatic carbocycles. The third-order valence-electron chi connectivity index (χ3n) is 3.21. The number of benzene rings is 1. The van der Waals surface area contributed by atoms with Gasteiger partial charge >= 0.3 is 0 Å². The summed E-state index contributed by atoms with van der Waals surface area (Å²) < 4.78 is 13.7. The number of nitrogens with one attached hydrogen (secondary N) is 1. The molecule has 0 saturated carbocycles. The highest BCUT2D eigenvalue weighted by Crippen LogP contribution is 2.25. The van der Waals surface area contributed by atoms with Crippen molar-refractivity contribution in [1.82, 2.24) is 9.55 Å². The number of hydrogen-bond acceptors (Lipinski definition) is 3. The maximum atomic E-state index is 5.77. The Balaban J connectivity index is 2.22. The number of nitrogens with zero attached hydrogens (tertiary/aromatic N) is 1. The predicted molar refractivity (Wildman–Crippen MR) is 84.0 cm³/mol. The van der Waals surface area contributed by atoms with Crippen LogP contribution < -0.4 is 4.74 Å². The lowest BCUT2D eigenvalue weighted by molar-refractivity contribution is 0.191. The summed E-state index contributed by atoms with van der Waals surface area (Å²) in [6.45, 7) is 4.52. The van der Waals surface area contributed by atoms with E-state index in [0.717, 1.165) is 60.6 Å². The molecule has 4 nitrogen and oxygen atoms in total. The minimum absolute atomic E-state index is 0.721. The minimum Gasteiger partial charge on any atom is -0.491 e. The van der Waals surface area contributed by atoms with E-state index in [4.69, 9.17) is 21.7 Å². The van der Waals surface area contributed by atoms with Gasteiger partial charge in [-0.05, 0) is 43.6 Å². The molecule has 1 aromatic heterocycles. The number of ether oxygens (including phenoxy) is 2. The Morgan fingerprint density at radius 2 is 2.10 bits per heavy atom. The van der Waals surface area contributed by atoms with Crippen molar-refractivity contribution in [3.8, 4) is 5.75 Å². The Bertz CT molecular complexity index is 603. The number of hydrogen-bond donors (Lipinski definition) is 1. The topological polar surface area (TPSA) is 39.2 Å². The Morgan fingerprint density at radius 1 is 1.25 bits per heavy atom. The van der Waals surface area contributed by atoms with Crippen molar-refractivity contribution < 1.29 is 9.47 Å². The molecule has 0 bridgehead atoms. The Kier molecular flexibility index (Phi) is 5.61. The first-order valence-electron chi connectivity index (χ1n) is 7.11. The summed E-state index contributed by atoms with van der Waals surface area (Å²) in [4.78, 5) is 3.27. The van der Waals surface area contributed by atoms with Gasteiger partial charge in [0.25, 0.3) is 0 Å². The van der Waals surface area contributed by atoms with Crippen LogP contribution in [0, 0.1) is 4.77 Å². The van der Waals surface area contributed by atoms with Gasteiger partial charge in [-0.25, -0.2) is 0 Å². The smallest absolute Gasteiger partial charge is 0.178 e. The quantitative estimate of drug-likeness (QED) is 0.592. The van der Waals surface area contributed by atoms with Crippen molar-refractivity contribution in [3.05, 3.63) is 23.0 Å². The largest absolute Gasteiger partial charge is 0.491 e. The summed E-state index contributed by atoms with van der Waals surface area (Å²) in [5.41, 5.74) is 2.11. The predicted octanol–water partition coefficient (Wildman–Crippen LogP) is 3.91. The van der Waals surface area contributed by atoms with Gasteiger partial charge in [-0.15, -0.1) is 0 Å². The lowest BCUT2D eigenvalue weighted by atomic mass is 10.2. The van der Waals surface area contributed by atoms with Crippen LogP contribution in [0.5, 0.6) is 5.75 Å². The van der Waals surface area contributed by atoms with Crippen LogP contribution in [0.2, 0.25) is 0 Å². The summed E-state index contributed by atoms with van der Waals surface area (Å²) >= 11 is 5.42. The molecule has 0 amide bonds. The molecule has 0 saturated heterocycles. The molecule has 1 N–H and O–H groups in total. The Hall–Kier alpha value is -1.33. The first-order chi connectivity index (χ1) is 9.77. The van der Waals surface area contributed by atoms with Crippen LogP contribution in [0.1, 0.15) is 26.2 Å². The highest BCUT2D eigenvalue weighted by atomic mass is 32.1. The second-order valence-electron chi connectivity index (χ2n) is 4.78. The normalized spacial score (nSPS) is 11.1. The fourth-order valence-electron chi connectivity index (χ4n) is 2.22. The van der Waals surface area contributed by atoms with Crippen LogP contribution in [0.4, 0.5) is 0 Å². The van der Waals surface area contributed by atoms with Crippen LogP contribution in [0.15, 0.2) is 18.2 Å². The molecule has 5 heteroatoms. The number of unbranched alkanes of at least 4 members (excludes halogenated alkanes) is 1. The Labute approximate surface area is 124 Å². The van der Waals surface area contributed by atoms with Crippen molar-refractivity contribution in [3.63, 3.8) is 0 Å². The number of aromatic nitrogens is 2. The van der Waals surface area contributed by atoms with Crippen LogP contribution in [0.3, 0.4) is 0 Å².